The van der Waals surface area contributed by atoms with Crippen LogP contribution in [0.5, 0.6) is 0 Å². The first-order chi connectivity index (χ1) is 8.63. The monoisotopic (exact) mass is 252 g/mol. The van der Waals surface area contributed by atoms with E-state index in [4.69, 9.17) is 4.74 Å². The smallest absolute Gasteiger partial charge is 0.378 e. The largest absolute Gasteiger partial charge is 0.460 e. The van der Waals surface area contributed by atoms with Crippen LogP contribution in [0.4, 0.5) is 0 Å². The fraction of sp³-hybridized carbons (Fsp3) is 0.833. The second kappa shape index (κ2) is 5.46. The molecule has 100 valence electrons. The lowest BCUT2D eigenvalue weighted by atomic mass is 9.79. The van der Waals surface area contributed by atoms with Gasteiger partial charge in [-0.25, -0.2) is 9.48 Å². The Morgan fingerprint density at radius 2 is 2.17 bits per heavy atom. The molecule has 1 saturated carbocycles. The van der Waals surface area contributed by atoms with E-state index in [2.05, 4.69) is 29.4 Å². The Labute approximate surface area is 107 Å². The average molecular weight is 252 g/mol. The van der Waals surface area contributed by atoms with Crippen molar-refractivity contribution in [3.63, 3.8) is 0 Å². The van der Waals surface area contributed by atoms with E-state index in [1.165, 1.54) is 0 Å². The summed E-state index contributed by atoms with van der Waals surface area (Å²) in [6, 6.07) is 0.214. The quantitative estimate of drug-likeness (QED) is 0.768. The zero-order valence-corrected chi connectivity index (χ0v) is 11.2. The Bertz CT molecular complexity index is 418. The second-order valence-electron chi connectivity index (χ2n) is 5.09. The predicted molar refractivity (Wildman–Crippen MR) is 65.0 cm³/mol. The molecule has 6 heteroatoms. The molecule has 1 aromatic heterocycles. The molecule has 0 aliphatic heterocycles. The van der Waals surface area contributed by atoms with E-state index < -0.39 is 5.97 Å². The van der Waals surface area contributed by atoms with Crippen molar-refractivity contribution in [1.82, 2.24) is 20.2 Å². The van der Waals surface area contributed by atoms with Gasteiger partial charge in [-0.3, -0.25) is 0 Å². The molecule has 6 nitrogen and oxygen atoms in total. The number of esters is 1. The van der Waals surface area contributed by atoms with Gasteiger partial charge in [0.25, 0.3) is 5.82 Å². The molecular formula is C12H20N4O2. The minimum atomic E-state index is -0.436. The van der Waals surface area contributed by atoms with E-state index in [1.807, 2.05) is 0 Å². The summed E-state index contributed by atoms with van der Waals surface area (Å²) in [6.07, 6.45) is 3.18. The minimum Gasteiger partial charge on any atom is -0.460 e. The summed E-state index contributed by atoms with van der Waals surface area (Å²) in [5.74, 6) is 1.14. The lowest BCUT2D eigenvalue weighted by Crippen LogP contribution is -2.26. The molecule has 1 aliphatic rings. The van der Waals surface area contributed by atoms with Crippen LogP contribution >= 0.6 is 0 Å². The summed E-state index contributed by atoms with van der Waals surface area (Å²) in [6.45, 7) is 6.62. The topological polar surface area (TPSA) is 69.9 Å². The number of hydrogen-bond acceptors (Lipinski definition) is 5. The van der Waals surface area contributed by atoms with E-state index in [-0.39, 0.29) is 11.9 Å². The second-order valence-corrected chi connectivity index (χ2v) is 5.09. The normalized spacial score (nSPS) is 28.1. The van der Waals surface area contributed by atoms with E-state index in [1.54, 1.807) is 11.6 Å². The first kappa shape index (κ1) is 13.0. The van der Waals surface area contributed by atoms with Gasteiger partial charge >= 0.3 is 5.97 Å². The highest BCUT2D eigenvalue weighted by Crippen LogP contribution is 2.35. The number of hydrogen-bond donors (Lipinski definition) is 0. The molecule has 18 heavy (non-hydrogen) atoms. The van der Waals surface area contributed by atoms with Gasteiger partial charge < -0.3 is 4.74 Å². The van der Waals surface area contributed by atoms with Crippen molar-refractivity contribution in [2.45, 2.75) is 46.1 Å². The van der Waals surface area contributed by atoms with Gasteiger partial charge in [0, 0.05) is 0 Å². The first-order valence-corrected chi connectivity index (χ1v) is 6.58. The van der Waals surface area contributed by atoms with Crippen LogP contribution in [0.1, 0.15) is 56.7 Å². The highest BCUT2D eigenvalue weighted by atomic mass is 16.5. The summed E-state index contributed by atoms with van der Waals surface area (Å²) >= 11 is 0. The van der Waals surface area contributed by atoms with Gasteiger partial charge in [0.05, 0.1) is 12.6 Å². The van der Waals surface area contributed by atoms with Crippen LogP contribution in [-0.2, 0) is 4.74 Å². The SMILES string of the molecule is CCOC(=O)c1nnnn1C1CCC(C)C(C)C1. The van der Waals surface area contributed by atoms with Gasteiger partial charge in [0.2, 0.25) is 0 Å². The van der Waals surface area contributed by atoms with Crippen molar-refractivity contribution in [3.05, 3.63) is 5.82 Å². The third kappa shape index (κ3) is 2.52. The summed E-state index contributed by atoms with van der Waals surface area (Å²) in [4.78, 5) is 11.7. The number of ether oxygens (including phenoxy) is 1. The number of carbonyl (C=O) groups excluding carboxylic acids is 1. The van der Waals surface area contributed by atoms with Crippen LogP contribution in [0.3, 0.4) is 0 Å². The Kier molecular flexibility index (Phi) is 3.93. The standard InChI is InChI=1S/C12H20N4O2/c1-4-18-12(17)11-13-14-15-16(11)10-6-5-8(2)9(3)7-10/h8-10H,4-7H2,1-3H3. The molecular weight excluding hydrogens is 232 g/mol. The molecule has 3 atom stereocenters. The van der Waals surface area contributed by atoms with E-state index in [9.17, 15) is 4.79 Å². The maximum absolute atomic E-state index is 11.7. The van der Waals surface area contributed by atoms with Crippen LogP contribution in [0, 0.1) is 11.8 Å². The summed E-state index contributed by atoms with van der Waals surface area (Å²) in [7, 11) is 0. The first-order valence-electron chi connectivity index (χ1n) is 6.58. The molecule has 0 N–H and O–H groups in total. The van der Waals surface area contributed by atoms with Gasteiger partial charge in [-0.15, -0.1) is 5.10 Å². The average Bonchev–Trinajstić information content (AvgIpc) is 2.82. The molecule has 2 rings (SSSR count). The van der Waals surface area contributed by atoms with Crippen LogP contribution in [0.25, 0.3) is 0 Å². The molecule has 0 spiro atoms. The molecule has 0 amide bonds. The highest BCUT2D eigenvalue weighted by Gasteiger charge is 2.30. The van der Waals surface area contributed by atoms with Gasteiger partial charge in [-0.1, -0.05) is 13.8 Å². The minimum absolute atomic E-state index is 0.214. The summed E-state index contributed by atoms with van der Waals surface area (Å²) < 4.78 is 6.60. The number of aromatic nitrogens is 4. The van der Waals surface area contributed by atoms with Gasteiger partial charge in [0.15, 0.2) is 0 Å². The molecule has 1 fully saturated rings. The maximum atomic E-state index is 11.7. The Balaban J connectivity index is 2.14. The van der Waals surface area contributed by atoms with Gasteiger partial charge in [-0.05, 0) is 48.4 Å². The molecule has 0 bridgehead atoms. The van der Waals surface area contributed by atoms with Crippen molar-refractivity contribution < 1.29 is 9.53 Å². The van der Waals surface area contributed by atoms with Gasteiger partial charge in [0.1, 0.15) is 0 Å². The van der Waals surface area contributed by atoms with E-state index >= 15 is 0 Å². The van der Waals surface area contributed by atoms with Gasteiger partial charge in [-0.2, -0.15) is 0 Å². The molecule has 1 heterocycles. The predicted octanol–water partition coefficient (Wildman–Crippen LogP) is 1.85. The van der Waals surface area contributed by atoms with Crippen molar-refractivity contribution in [1.29, 1.82) is 0 Å². The van der Waals surface area contributed by atoms with Crippen molar-refractivity contribution in [2.75, 3.05) is 6.61 Å². The molecule has 1 aliphatic carbocycles. The van der Waals surface area contributed by atoms with Crippen molar-refractivity contribution >= 4 is 5.97 Å². The molecule has 0 saturated heterocycles. The Morgan fingerprint density at radius 1 is 1.39 bits per heavy atom. The highest BCUT2D eigenvalue weighted by molar-refractivity contribution is 5.85. The van der Waals surface area contributed by atoms with Crippen LogP contribution in [0.2, 0.25) is 0 Å². The third-order valence-electron chi connectivity index (χ3n) is 3.87. The Morgan fingerprint density at radius 3 is 2.83 bits per heavy atom. The maximum Gasteiger partial charge on any atom is 0.378 e. The van der Waals surface area contributed by atoms with Crippen LogP contribution in [0.15, 0.2) is 0 Å². The number of rotatable bonds is 3. The lowest BCUT2D eigenvalue weighted by Gasteiger charge is -2.31. The van der Waals surface area contributed by atoms with Crippen LogP contribution < -0.4 is 0 Å². The fourth-order valence-electron chi connectivity index (χ4n) is 2.51. The van der Waals surface area contributed by atoms with E-state index in [0.717, 1.165) is 25.2 Å². The van der Waals surface area contributed by atoms with Crippen molar-refractivity contribution in [3.8, 4) is 0 Å². The number of nitrogens with zero attached hydrogens (tertiary/aromatic N) is 4. The molecule has 0 aromatic carbocycles. The summed E-state index contributed by atoms with van der Waals surface area (Å²) in [5, 5.41) is 11.3. The lowest BCUT2D eigenvalue weighted by molar-refractivity contribution is 0.0495. The number of carbonyl (C=O) groups is 1. The Hall–Kier alpha value is -1.46. The van der Waals surface area contributed by atoms with Crippen molar-refractivity contribution in [2.24, 2.45) is 11.8 Å². The third-order valence-corrected chi connectivity index (χ3v) is 3.87. The zero-order chi connectivity index (χ0) is 13.1. The fourth-order valence-corrected chi connectivity index (χ4v) is 2.51. The molecule has 3 unspecified atom stereocenters. The molecule has 0 radical (unpaired) electrons. The molecule has 1 aromatic rings. The number of tetrazole rings is 1. The van der Waals surface area contributed by atoms with Crippen LogP contribution in [-0.4, -0.2) is 32.8 Å². The zero-order valence-electron chi connectivity index (χ0n) is 11.2. The van der Waals surface area contributed by atoms with E-state index in [0.29, 0.717) is 12.5 Å². The summed E-state index contributed by atoms with van der Waals surface area (Å²) in [5.41, 5.74) is 0.